The van der Waals surface area contributed by atoms with Crippen LogP contribution < -0.4 is 0 Å². The Morgan fingerprint density at radius 2 is 2.23 bits per heavy atom. The molecule has 68 valence electrons. The van der Waals surface area contributed by atoms with Gasteiger partial charge >= 0.3 is 0 Å². The molecule has 0 fully saturated rings. The molecule has 2 aromatic rings. The molecular formula is C10H10O2S. The van der Waals surface area contributed by atoms with Crippen LogP contribution in [0.15, 0.2) is 17.5 Å². The van der Waals surface area contributed by atoms with Crippen LogP contribution in [0.5, 0.6) is 5.75 Å². The summed E-state index contributed by atoms with van der Waals surface area (Å²) in [4.78, 5) is 0. The van der Waals surface area contributed by atoms with Crippen molar-refractivity contribution in [3.05, 3.63) is 28.6 Å². The van der Waals surface area contributed by atoms with Crippen LogP contribution >= 0.6 is 11.3 Å². The zero-order chi connectivity index (χ0) is 9.42. The van der Waals surface area contributed by atoms with Crippen LogP contribution in [0, 0.1) is 6.92 Å². The Morgan fingerprint density at radius 1 is 1.46 bits per heavy atom. The van der Waals surface area contributed by atoms with Gasteiger partial charge in [-0.15, -0.1) is 11.3 Å². The second-order valence-electron chi connectivity index (χ2n) is 3.00. The molecule has 1 aromatic carbocycles. The number of thiophene rings is 1. The minimum atomic E-state index is -0.0230. The summed E-state index contributed by atoms with van der Waals surface area (Å²) in [6, 6.07) is 3.60. The molecule has 2 rings (SSSR count). The standard InChI is InChI=1S/C10H10O2S/c1-6-8-2-3-13-10(8)7(5-11)4-9(6)12/h2-4,11-12H,5H2,1H3. The number of aliphatic hydroxyl groups excluding tert-OH is 1. The summed E-state index contributed by atoms with van der Waals surface area (Å²) in [7, 11) is 0. The minimum absolute atomic E-state index is 0.0230. The first-order valence-electron chi connectivity index (χ1n) is 4.03. The van der Waals surface area contributed by atoms with Gasteiger partial charge in [-0.05, 0) is 40.9 Å². The molecule has 0 atom stereocenters. The van der Waals surface area contributed by atoms with E-state index in [0.717, 1.165) is 21.2 Å². The molecular weight excluding hydrogens is 184 g/mol. The number of fused-ring (bicyclic) bond motifs is 1. The average molecular weight is 194 g/mol. The number of rotatable bonds is 1. The van der Waals surface area contributed by atoms with Gasteiger partial charge in [0.1, 0.15) is 5.75 Å². The van der Waals surface area contributed by atoms with E-state index in [1.54, 1.807) is 17.4 Å². The fraction of sp³-hybridized carbons (Fsp3) is 0.200. The van der Waals surface area contributed by atoms with E-state index in [2.05, 4.69) is 0 Å². The minimum Gasteiger partial charge on any atom is -0.508 e. The maximum absolute atomic E-state index is 9.54. The lowest BCUT2D eigenvalue weighted by Crippen LogP contribution is -1.85. The van der Waals surface area contributed by atoms with Gasteiger partial charge in [-0.25, -0.2) is 0 Å². The molecule has 0 amide bonds. The van der Waals surface area contributed by atoms with Gasteiger partial charge in [0, 0.05) is 4.70 Å². The Kier molecular flexibility index (Phi) is 1.98. The third-order valence-corrected chi connectivity index (χ3v) is 3.22. The summed E-state index contributed by atoms with van der Waals surface area (Å²) >= 11 is 1.59. The molecule has 0 radical (unpaired) electrons. The molecule has 3 heteroatoms. The normalized spacial score (nSPS) is 10.9. The zero-order valence-corrected chi connectivity index (χ0v) is 8.06. The fourth-order valence-corrected chi connectivity index (χ4v) is 2.41. The van der Waals surface area contributed by atoms with Crippen LogP contribution in [-0.2, 0) is 6.61 Å². The lowest BCUT2D eigenvalue weighted by atomic mass is 10.1. The monoisotopic (exact) mass is 194 g/mol. The van der Waals surface area contributed by atoms with Crippen LogP contribution in [0.3, 0.4) is 0 Å². The van der Waals surface area contributed by atoms with Gasteiger partial charge in [0.25, 0.3) is 0 Å². The van der Waals surface area contributed by atoms with E-state index in [0.29, 0.717) is 0 Å². The number of benzene rings is 1. The van der Waals surface area contributed by atoms with Crippen molar-refractivity contribution >= 4 is 21.4 Å². The molecule has 1 heterocycles. The largest absolute Gasteiger partial charge is 0.508 e. The van der Waals surface area contributed by atoms with E-state index in [-0.39, 0.29) is 12.4 Å². The highest BCUT2D eigenvalue weighted by molar-refractivity contribution is 7.17. The first-order valence-corrected chi connectivity index (χ1v) is 4.91. The number of hydrogen-bond acceptors (Lipinski definition) is 3. The average Bonchev–Trinajstić information content (AvgIpc) is 2.60. The molecule has 0 aliphatic heterocycles. The zero-order valence-electron chi connectivity index (χ0n) is 7.24. The molecule has 0 saturated carbocycles. The molecule has 0 spiro atoms. The van der Waals surface area contributed by atoms with E-state index in [1.807, 2.05) is 18.4 Å². The van der Waals surface area contributed by atoms with Gasteiger partial charge in [0.15, 0.2) is 0 Å². The highest BCUT2D eigenvalue weighted by Gasteiger charge is 2.08. The summed E-state index contributed by atoms with van der Waals surface area (Å²) in [6.45, 7) is 1.86. The van der Waals surface area contributed by atoms with Gasteiger partial charge in [-0.3, -0.25) is 0 Å². The molecule has 0 bridgehead atoms. The van der Waals surface area contributed by atoms with Crippen molar-refractivity contribution in [2.24, 2.45) is 0 Å². The summed E-state index contributed by atoms with van der Waals surface area (Å²) < 4.78 is 1.07. The van der Waals surface area contributed by atoms with E-state index in [4.69, 9.17) is 5.11 Å². The molecule has 2 nitrogen and oxygen atoms in total. The predicted molar refractivity (Wildman–Crippen MR) is 54.1 cm³/mol. The number of phenolic OH excluding ortho intramolecular Hbond substituents is 1. The first kappa shape index (κ1) is 8.53. The highest BCUT2D eigenvalue weighted by atomic mass is 32.1. The quantitative estimate of drug-likeness (QED) is 0.731. The van der Waals surface area contributed by atoms with Gasteiger partial charge in [0.2, 0.25) is 0 Å². The van der Waals surface area contributed by atoms with Gasteiger partial charge < -0.3 is 10.2 Å². The van der Waals surface area contributed by atoms with Crippen molar-refractivity contribution in [2.75, 3.05) is 0 Å². The summed E-state index contributed by atoms with van der Waals surface area (Å²) in [6.07, 6.45) is 0. The predicted octanol–water partition coefficient (Wildman–Crippen LogP) is 2.41. The molecule has 0 saturated heterocycles. The van der Waals surface area contributed by atoms with Crippen LogP contribution in [0.25, 0.3) is 10.1 Å². The van der Waals surface area contributed by atoms with Crippen LogP contribution in [-0.4, -0.2) is 10.2 Å². The lowest BCUT2D eigenvalue weighted by molar-refractivity contribution is 0.283. The molecule has 0 aliphatic rings. The fourth-order valence-electron chi connectivity index (χ4n) is 1.45. The Morgan fingerprint density at radius 3 is 2.92 bits per heavy atom. The smallest absolute Gasteiger partial charge is 0.119 e. The lowest BCUT2D eigenvalue weighted by Gasteiger charge is -2.04. The number of aliphatic hydroxyl groups is 1. The van der Waals surface area contributed by atoms with Crippen LogP contribution in [0.1, 0.15) is 11.1 Å². The summed E-state index contributed by atoms with van der Waals surface area (Å²) in [5.74, 6) is 0.259. The third-order valence-electron chi connectivity index (χ3n) is 2.23. The number of phenols is 1. The number of aryl methyl sites for hydroxylation is 1. The van der Waals surface area contributed by atoms with Crippen molar-refractivity contribution in [2.45, 2.75) is 13.5 Å². The second kappa shape index (κ2) is 3.01. The Bertz CT molecular complexity index is 445. The molecule has 13 heavy (non-hydrogen) atoms. The maximum atomic E-state index is 9.54. The summed E-state index contributed by atoms with van der Waals surface area (Å²) in [5.41, 5.74) is 1.68. The van der Waals surface area contributed by atoms with Crippen molar-refractivity contribution in [1.29, 1.82) is 0 Å². The third kappa shape index (κ3) is 1.20. The van der Waals surface area contributed by atoms with Crippen molar-refractivity contribution < 1.29 is 10.2 Å². The van der Waals surface area contributed by atoms with Crippen molar-refractivity contribution in [3.63, 3.8) is 0 Å². The number of aromatic hydroxyl groups is 1. The Balaban J connectivity index is 2.87. The van der Waals surface area contributed by atoms with E-state index in [1.165, 1.54) is 0 Å². The second-order valence-corrected chi connectivity index (χ2v) is 3.92. The molecule has 1 aromatic heterocycles. The highest BCUT2D eigenvalue weighted by Crippen LogP contribution is 2.33. The summed E-state index contributed by atoms with van der Waals surface area (Å²) in [5, 5.41) is 21.6. The van der Waals surface area contributed by atoms with Crippen molar-refractivity contribution in [3.8, 4) is 5.75 Å². The first-order chi connectivity index (χ1) is 6.24. The van der Waals surface area contributed by atoms with Crippen LogP contribution in [0.4, 0.5) is 0 Å². The van der Waals surface area contributed by atoms with Crippen LogP contribution in [0.2, 0.25) is 0 Å². The maximum Gasteiger partial charge on any atom is 0.119 e. The topological polar surface area (TPSA) is 40.5 Å². The Labute approximate surface area is 80.1 Å². The van der Waals surface area contributed by atoms with Crippen molar-refractivity contribution in [1.82, 2.24) is 0 Å². The Hall–Kier alpha value is -1.06. The van der Waals surface area contributed by atoms with E-state index < -0.39 is 0 Å². The van der Waals surface area contributed by atoms with Gasteiger partial charge in [-0.2, -0.15) is 0 Å². The SMILES string of the molecule is Cc1c(O)cc(CO)c2sccc12. The number of hydrogen-bond donors (Lipinski definition) is 2. The van der Waals surface area contributed by atoms with E-state index in [9.17, 15) is 5.11 Å². The molecule has 0 aliphatic carbocycles. The van der Waals surface area contributed by atoms with Gasteiger partial charge in [-0.1, -0.05) is 0 Å². The molecule has 2 N–H and O–H groups in total. The molecule has 0 unspecified atom stereocenters. The van der Waals surface area contributed by atoms with Gasteiger partial charge in [0.05, 0.1) is 6.61 Å². The van der Waals surface area contributed by atoms with E-state index >= 15 is 0 Å².